The minimum absolute atomic E-state index is 0.893. The highest BCUT2D eigenvalue weighted by Crippen LogP contribution is 2.08. The molecule has 3 nitrogen and oxygen atoms in total. The predicted molar refractivity (Wildman–Crippen MR) is 52.6 cm³/mol. The first kappa shape index (κ1) is 8.26. The molecule has 0 aliphatic rings. The van der Waals surface area contributed by atoms with Crippen molar-refractivity contribution in [2.24, 2.45) is 0 Å². The highest BCUT2D eigenvalue weighted by atomic mass is 15.2. The molecule has 0 atom stereocenters. The van der Waals surface area contributed by atoms with Gasteiger partial charge in [-0.3, -0.25) is 0 Å². The molecule has 0 fully saturated rings. The van der Waals surface area contributed by atoms with Crippen molar-refractivity contribution in [1.29, 1.82) is 0 Å². The predicted octanol–water partition coefficient (Wildman–Crippen LogP) is 1.44. The van der Waals surface area contributed by atoms with E-state index < -0.39 is 0 Å². The number of hydrogen-bond acceptors (Lipinski definition) is 2. The van der Waals surface area contributed by atoms with Crippen molar-refractivity contribution in [2.75, 3.05) is 6.54 Å². The standard InChI is InChI=1S/C10H13N3/c1-2-11-7-9-8-12-13-6-4-3-5-10(9)13/h3-6,8,11H,2,7H2,1H3. The van der Waals surface area contributed by atoms with E-state index in [4.69, 9.17) is 0 Å². The van der Waals surface area contributed by atoms with Crippen LogP contribution in [0.15, 0.2) is 30.6 Å². The van der Waals surface area contributed by atoms with E-state index in [1.54, 1.807) is 0 Å². The maximum absolute atomic E-state index is 4.25. The van der Waals surface area contributed by atoms with E-state index in [1.165, 1.54) is 11.1 Å². The van der Waals surface area contributed by atoms with E-state index in [1.807, 2.05) is 29.0 Å². The molecule has 0 unspecified atom stereocenters. The van der Waals surface area contributed by atoms with Crippen LogP contribution in [0.1, 0.15) is 12.5 Å². The largest absolute Gasteiger partial charge is 0.313 e. The number of nitrogens with zero attached hydrogens (tertiary/aromatic N) is 2. The minimum Gasteiger partial charge on any atom is -0.313 e. The second-order valence-corrected chi connectivity index (χ2v) is 2.98. The van der Waals surface area contributed by atoms with Gasteiger partial charge in [0.25, 0.3) is 0 Å². The van der Waals surface area contributed by atoms with Crippen LogP contribution in [0, 0.1) is 0 Å². The molecule has 0 aromatic carbocycles. The lowest BCUT2D eigenvalue weighted by Crippen LogP contribution is -2.11. The van der Waals surface area contributed by atoms with Crippen molar-refractivity contribution in [3.63, 3.8) is 0 Å². The fraction of sp³-hybridized carbons (Fsp3) is 0.300. The van der Waals surface area contributed by atoms with Gasteiger partial charge in [-0.25, -0.2) is 4.52 Å². The van der Waals surface area contributed by atoms with Crippen molar-refractivity contribution >= 4 is 5.52 Å². The highest BCUT2D eigenvalue weighted by molar-refractivity contribution is 5.53. The van der Waals surface area contributed by atoms with Gasteiger partial charge < -0.3 is 5.32 Å². The third-order valence-electron chi connectivity index (χ3n) is 2.07. The molecule has 0 saturated carbocycles. The Morgan fingerprint density at radius 2 is 2.38 bits per heavy atom. The van der Waals surface area contributed by atoms with Crippen molar-refractivity contribution in [2.45, 2.75) is 13.5 Å². The van der Waals surface area contributed by atoms with Crippen LogP contribution in [0.3, 0.4) is 0 Å². The van der Waals surface area contributed by atoms with Gasteiger partial charge in [-0.2, -0.15) is 5.10 Å². The highest BCUT2D eigenvalue weighted by Gasteiger charge is 2.00. The summed E-state index contributed by atoms with van der Waals surface area (Å²) in [6, 6.07) is 6.10. The van der Waals surface area contributed by atoms with E-state index in [-0.39, 0.29) is 0 Å². The third kappa shape index (κ3) is 1.55. The lowest BCUT2D eigenvalue weighted by molar-refractivity contribution is 0.730. The summed E-state index contributed by atoms with van der Waals surface area (Å²) < 4.78 is 1.90. The summed E-state index contributed by atoms with van der Waals surface area (Å²) in [5, 5.41) is 7.54. The molecule has 2 rings (SSSR count). The molecule has 1 N–H and O–H groups in total. The molecule has 0 radical (unpaired) electrons. The van der Waals surface area contributed by atoms with E-state index >= 15 is 0 Å². The van der Waals surface area contributed by atoms with Crippen LogP contribution >= 0.6 is 0 Å². The number of fused-ring (bicyclic) bond motifs is 1. The molecule has 0 aliphatic heterocycles. The van der Waals surface area contributed by atoms with Gasteiger partial charge in [-0.05, 0) is 18.7 Å². The smallest absolute Gasteiger partial charge is 0.0706 e. The molecule has 0 aliphatic carbocycles. The molecular formula is C10H13N3. The van der Waals surface area contributed by atoms with Crippen LogP contribution < -0.4 is 5.32 Å². The summed E-state index contributed by atoms with van der Waals surface area (Å²) in [5.74, 6) is 0. The fourth-order valence-corrected chi connectivity index (χ4v) is 1.38. The number of rotatable bonds is 3. The average Bonchev–Trinajstić information content (AvgIpc) is 2.58. The topological polar surface area (TPSA) is 29.3 Å². The van der Waals surface area contributed by atoms with Crippen LogP contribution in [0.4, 0.5) is 0 Å². The van der Waals surface area contributed by atoms with Gasteiger partial charge in [0.2, 0.25) is 0 Å². The summed E-state index contributed by atoms with van der Waals surface area (Å²) in [5.41, 5.74) is 2.44. The molecule has 0 saturated heterocycles. The summed E-state index contributed by atoms with van der Waals surface area (Å²) in [6.07, 6.45) is 3.88. The molecule has 68 valence electrons. The number of aromatic nitrogens is 2. The first-order chi connectivity index (χ1) is 6.42. The van der Waals surface area contributed by atoms with Crippen molar-refractivity contribution < 1.29 is 0 Å². The molecule has 13 heavy (non-hydrogen) atoms. The molecule has 2 aromatic rings. The zero-order valence-electron chi connectivity index (χ0n) is 7.70. The minimum atomic E-state index is 0.893. The van der Waals surface area contributed by atoms with E-state index in [0.29, 0.717) is 0 Å². The van der Waals surface area contributed by atoms with Crippen LogP contribution in [-0.4, -0.2) is 16.2 Å². The fourth-order valence-electron chi connectivity index (χ4n) is 1.38. The Morgan fingerprint density at radius 1 is 1.46 bits per heavy atom. The Morgan fingerprint density at radius 3 is 3.23 bits per heavy atom. The summed E-state index contributed by atoms with van der Waals surface area (Å²) >= 11 is 0. The molecular weight excluding hydrogens is 162 g/mol. The number of pyridine rings is 1. The Labute approximate surface area is 77.4 Å². The van der Waals surface area contributed by atoms with Crippen LogP contribution in [0.5, 0.6) is 0 Å². The molecule has 2 heterocycles. The second-order valence-electron chi connectivity index (χ2n) is 2.98. The Kier molecular flexibility index (Phi) is 2.27. The van der Waals surface area contributed by atoms with Crippen molar-refractivity contribution in [1.82, 2.24) is 14.9 Å². The van der Waals surface area contributed by atoms with E-state index in [0.717, 1.165) is 13.1 Å². The quantitative estimate of drug-likeness (QED) is 0.765. The molecule has 0 spiro atoms. The molecule has 3 heteroatoms. The zero-order chi connectivity index (χ0) is 9.10. The third-order valence-corrected chi connectivity index (χ3v) is 2.07. The maximum Gasteiger partial charge on any atom is 0.0706 e. The van der Waals surface area contributed by atoms with Crippen LogP contribution in [0.25, 0.3) is 5.52 Å². The molecule has 2 aromatic heterocycles. The molecule has 0 bridgehead atoms. The van der Waals surface area contributed by atoms with Gasteiger partial charge in [0.15, 0.2) is 0 Å². The monoisotopic (exact) mass is 175 g/mol. The second kappa shape index (κ2) is 3.58. The van der Waals surface area contributed by atoms with Gasteiger partial charge in [0, 0.05) is 18.3 Å². The van der Waals surface area contributed by atoms with Crippen molar-refractivity contribution in [3.8, 4) is 0 Å². The Hall–Kier alpha value is -1.35. The van der Waals surface area contributed by atoms with Gasteiger partial charge in [0.05, 0.1) is 11.7 Å². The summed E-state index contributed by atoms with van der Waals surface area (Å²) in [4.78, 5) is 0. The van der Waals surface area contributed by atoms with Gasteiger partial charge in [-0.15, -0.1) is 0 Å². The lowest BCUT2D eigenvalue weighted by atomic mass is 10.2. The normalized spacial score (nSPS) is 10.8. The number of hydrogen-bond donors (Lipinski definition) is 1. The Bertz CT molecular complexity index is 392. The Balaban J connectivity index is 2.35. The maximum atomic E-state index is 4.25. The average molecular weight is 175 g/mol. The van der Waals surface area contributed by atoms with E-state index in [9.17, 15) is 0 Å². The number of nitrogens with one attached hydrogen (secondary N) is 1. The van der Waals surface area contributed by atoms with Crippen LogP contribution in [0.2, 0.25) is 0 Å². The van der Waals surface area contributed by atoms with Gasteiger partial charge >= 0.3 is 0 Å². The van der Waals surface area contributed by atoms with E-state index in [2.05, 4.69) is 23.4 Å². The zero-order valence-corrected chi connectivity index (χ0v) is 7.70. The summed E-state index contributed by atoms with van der Waals surface area (Å²) in [6.45, 7) is 3.99. The van der Waals surface area contributed by atoms with Crippen molar-refractivity contribution in [3.05, 3.63) is 36.2 Å². The SMILES string of the molecule is CCNCc1cnn2ccccc12. The lowest BCUT2D eigenvalue weighted by Gasteiger charge is -1.98. The van der Waals surface area contributed by atoms with Crippen LogP contribution in [-0.2, 0) is 6.54 Å². The van der Waals surface area contributed by atoms with Gasteiger partial charge in [-0.1, -0.05) is 13.0 Å². The first-order valence-corrected chi connectivity index (χ1v) is 4.54. The van der Waals surface area contributed by atoms with Gasteiger partial charge in [0.1, 0.15) is 0 Å². The first-order valence-electron chi connectivity index (χ1n) is 4.54. The summed E-state index contributed by atoms with van der Waals surface area (Å²) in [7, 11) is 0. The molecule has 0 amide bonds.